The van der Waals surface area contributed by atoms with Gasteiger partial charge in [-0.25, -0.2) is 4.68 Å². The second-order valence-corrected chi connectivity index (χ2v) is 3.07. The summed E-state index contributed by atoms with van der Waals surface area (Å²) in [6.45, 7) is 2.25. The summed E-state index contributed by atoms with van der Waals surface area (Å²) in [5.74, 6) is 6.35. The molecule has 6 heteroatoms. The number of aliphatic hydroxyl groups excluding tert-OH is 1. The second-order valence-electron chi connectivity index (χ2n) is 2.12. The highest BCUT2D eigenvalue weighted by Crippen LogP contribution is 2.11. The Morgan fingerprint density at radius 3 is 3.15 bits per heavy atom. The van der Waals surface area contributed by atoms with Gasteiger partial charge in [-0.05, 0) is 17.4 Å². The molecule has 0 unspecified atom stereocenters. The van der Waals surface area contributed by atoms with Crippen molar-refractivity contribution in [2.75, 3.05) is 12.4 Å². The first-order chi connectivity index (χ1) is 6.38. The Balaban J connectivity index is 2.52. The number of thioether (sulfide) groups is 1. The Morgan fingerprint density at radius 2 is 2.46 bits per heavy atom. The van der Waals surface area contributed by atoms with Gasteiger partial charge in [-0.15, -0.1) is 11.0 Å². The summed E-state index contributed by atoms with van der Waals surface area (Å²) in [5.41, 5.74) is 0. The van der Waals surface area contributed by atoms with Gasteiger partial charge < -0.3 is 5.11 Å². The number of nitrogens with zero attached hydrogens (tertiary/aromatic N) is 4. The molecule has 0 aliphatic rings. The van der Waals surface area contributed by atoms with Gasteiger partial charge in [-0.2, -0.15) is 0 Å². The zero-order chi connectivity index (χ0) is 9.52. The van der Waals surface area contributed by atoms with E-state index in [1.165, 1.54) is 11.8 Å². The van der Waals surface area contributed by atoms with Crippen LogP contribution < -0.4 is 0 Å². The van der Waals surface area contributed by atoms with Crippen molar-refractivity contribution in [1.29, 1.82) is 0 Å². The molecule has 0 fully saturated rings. The van der Waals surface area contributed by atoms with Crippen molar-refractivity contribution < 1.29 is 5.11 Å². The minimum atomic E-state index is 0.0397. The molecule has 1 N–H and O–H groups in total. The van der Waals surface area contributed by atoms with Gasteiger partial charge in [0.1, 0.15) is 0 Å². The summed E-state index contributed by atoms with van der Waals surface area (Å²) in [5, 5.41) is 20.4. The van der Waals surface area contributed by atoms with E-state index in [1.807, 2.05) is 0 Å². The third-order valence-corrected chi connectivity index (χ3v) is 2.10. The number of aromatic nitrogens is 4. The molecule has 5 nitrogen and oxygen atoms in total. The topological polar surface area (TPSA) is 63.8 Å². The van der Waals surface area contributed by atoms with E-state index in [2.05, 4.69) is 27.4 Å². The van der Waals surface area contributed by atoms with Crippen LogP contribution in [0.4, 0.5) is 0 Å². The van der Waals surface area contributed by atoms with E-state index in [9.17, 15) is 0 Å². The number of tetrazole rings is 1. The molecule has 0 amide bonds. The molecule has 0 aromatic carbocycles. The molecule has 1 heterocycles. The van der Waals surface area contributed by atoms with Crippen molar-refractivity contribution >= 4 is 11.8 Å². The lowest BCUT2D eigenvalue weighted by atomic mass is 10.7. The van der Waals surface area contributed by atoms with Crippen LogP contribution in [0.3, 0.4) is 0 Å². The van der Waals surface area contributed by atoms with Crippen LogP contribution in [0.1, 0.15) is 6.92 Å². The van der Waals surface area contributed by atoms with Crippen molar-refractivity contribution in [1.82, 2.24) is 20.2 Å². The van der Waals surface area contributed by atoms with Crippen LogP contribution >= 0.6 is 11.8 Å². The van der Waals surface area contributed by atoms with Gasteiger partial charge in [-0.1, -0.05) is 17.7 Å². The van der Waals surface area contributed by atoms with E-state index in [-0.39, 0.29) is 6.61 Å². The van der Waals surface area contributed by atoms with Crippen LogP contribution in [0.15, 0.2) is 5.16 Å². The van der Waals surface area contributed by atoms with Crippen LogP contribution in [-0.4, -0.2) is 37.7 Å². The van der Waals surface area contributed by atoms with Crippen LogP contribution in [0.5, 0.6) is 0 Å². The van der Waals surface area contributed by atoms with E-state index in [0.717, 1.165) is 0 Å². The van der Waals surface area contributed by atoms with Gasteiger partial charge in [0.2, 0.25) is 5.16 Å². The summed E-state index contributed by atoms with van der Waals surface area (Å²) in [4.78, 5) is 0. The minimum Gasteiger partial charge on any atom is -0.394 e. The molecular formula is C7H10N4OS. The number of hydrogen-bond acceptors (Lipinski definition) is 5. The lowest BCUT2D eigenvalue weighted by Crippen LogP contribution is -2.05. The zero-order valence-electron chi connectivity index (χ0n) is 7.27. The molecule has 0 saturated carbocycles. The van der Waals surface area contributed by atoms with Gasteiger partial charge in [-0.3, -0.25) is 0 Å². The number of rotatable bonds is 4. The summed E-state index contributed by atoms with van der Waals surface area (Å²) < 4.78 is 1.56. The van der Waals surface area contributed by atoms with E-state index >= 15 is 0 Å². The molecule has 1 aromatic heterocycles. The van der Waals surface area contributed by atoms with Gasteiger partial charge >= 0.3 is 0 Å². The normalized spacial score (nSPS) is 9.38. The molecule has 0 atom stereocenters. The van der Waals surface area contributed by atoms with Gasteiger partial charge in [0.15, 0.2) is 0 Å². The van der Waals surface area contributed by atoms with Gasteiger partial charge in [0.05, 0.1) is 18.9 Å². The maximum atomic E-state index is 8.68. The van der Waals surface area contributed by atoms with Crippen molar-refractivity contribution in [2.24, 2.45) is 0 Å². The standard InChI is InChI=1S/C7H10N4OS/c1-2-3-6-13-7-8-9-10-11(7)4-5-12/h12H,4-6H2,1H3. The molecule has 0 bridgehead atoms. The molecular weight excluding hydrogens is 188 g/mol. The van der Waals surface area contributed by atoms with Gasteiger partial charge in [0.25, 0.3) is 0 Å². The van der Waals surface area contributed by atoms with Crippen LogP contribution in [0.2, 0.25) is 0 Å². The van der Waals surface area contributed by atoms with Crippen molar-refractivity contribution in [3.05, 3.63) is 0 Å². The molecule has 1 aromatic rings. The average molecular weight is 198 g/mol. The molecule has 0 radical (unpaired) electrons. The zero-order valence-corrected chi connectivity index (χ0v) is 8.08. The van der Waals surface area contributed by atoms with Crippen molar-refractivity contribution in [2.45, 2.75) is 18.6 Å². The Labute approximate surface area is 80.5 Å². The summed E-state index contributed by atoms with van der Waals surface area (Å²) in [6.07, 6.45) is 0. The maximum absolute atomic E-state index is 8.68. The number of hydrogen-bond donors (Lipinski definition) is 1. The number of aliphatic hydroxyl groups is 1. The fourth-order valence-corrected chi connectivity index (χ4v) is 1.42. The molecule has 1 rings (SSSR count). The second kappa shape index (κ2) is 5.56. The molecule has 0 spiro atoms. The first-order valence-electron chi connectivity index (χ1n) is 3.78. The van der Waals surface area contributed by atoms with E-state index < -0.39 is 0 Å². The third kappa shape index (κ3) is 3.05. The Morgan fingerprint density at radius 1 is 1.62 bits per heavy atom. The van der Waals surface area contributed by atoms with Crippen molar-refractivity contribution in [3.8, 4) is 11.8 Å². The van der Waals surface area contributed by atoms with E-state index in [1.54, 1.807) is 11.6 Å². The van der Waals surface area contributed by atoms with Crippen LogP contribution in [0, 0.1) is 11.8 Å². The minimum absolute atomic E-state index is 0.0397. The SMILES string of the molecule is CC#CCSc1nnnn1CCO. The molecule has 0 aliphatic heterocycles. The van der Waals surface area contributed by atoms with Crippen LogP contribution in [-0.2, 0) is 6.54 Å². The van der Waals surface area contributed by atoms with Crippen molar-refractivity contribution in [3.63, 3.8) is 0 Å². The van der Waals surface area contributed by atoms with Gasteiger partial charge in [0, 0.05) is 0 Å². The Hall–Kier alpha value is -1.06. The van der Waals surface area contributed by atoms with Crippen LogP contribution in [0.25, 0.3) is 0 Å². The predicted octanol–water partition coefficient (Wildman–Crippen LogP) is -0.219. The Bertz CT molecular complexity index is 314. The lowest BCUT2D eigenvalue weighted by molar-refractivity contribution is 0.262. The quantitative estimate of drug-likeness (QED) is 0.535. The first kappa shape index (κ1) is 10.0. The lowest BCUT2D eigenvalue weighted by Gasteiger charge is -1.98. The molecule has 70 valence electrons. The summed E-state index contributed by atoms with van der Waals surface area (Å²) in [6, 6.07) is 0. The fraction of sp³-hybridized carbons (Fsp3) is 0.571. The Kier molecular flexibility index (Phi) is 4.29. The highest BCUT2D eigenvalue weighted by Gasteiger charge is 2.03. The third-order valence-electron chi connectivity index (χ3n) is 1.26. The fourth-order valence-electron chi connectivity index (χ4n) is 0.708. The predicted molar refractivity (Wildman–Crippen MR) is 49.1 cm³/mol. The van der Waals surface area contributed by atoms with E-state index in [0.29, 0.717) is 17.5 Å². The first-order valence-corrected chi connectivity index (χ1v) is 4.76. The highest BCUT2D eigenvalue weighted by molar-refractivity contribution is 7.99. The largest absolute Gasteiger partial charge is 0.394 e. The monoisotopic (exact) mass is 198 g/mol. The summed E-state index contributed by atoms with van der Waals surface area (Å²) in [7, 11) is 0. The highest BCUT2D eigenvalue weighted by atomic mass is 32.2. The van der Waals surface area contributed by atoms with E-state index in [4.69, 9.17) is 5.11 Å². The smallest absolute Gasteiger partial charge is 0.210 e. The molecule has 0 aliphatic carbocycles. The maximum Gasteiger partial charge on any atom is 0.210 e. The molecule has 13 heavy (non-hydrogen) atoms. The molecule has 0 saturated heterocycles. The average Bonchev–Trinajstić information content (AvgIpc) is 2.54. The summed E-state index contributed by atoms with van der Waals surface area (Å²) >= 11 is 1.46.